The molecule has 0 unspecified atom stereocenters. The monoisotopic (exact) mass is 283 g/mol. The smallest absolute Gasteiger partial charge is 0.319 e. The van der Waals surface area contributed by atoms with Crippen LogP contribution in [0.25, 0.3) is 0 Å². The summed E-state index contributed by atoms with van der Waals surface area (Å²) in [7, 11) is 0. The van der Waals surface area contributed by atoms with Gasteiger partial charge < -0.3 is 16.0 Å². The Labute approximate surface area is 123 Å². The van der Waals surface area contributed by atoms with E-state index in [9.17, 15) is 9.59 Å². The second-order valence-corrected chi connectivity index (χ2v) is 4.59. The third kappa shape index (κ3) is 4.99. The van der Waals surface area contributed by atoms with E-state index in [2.05, 4.69) is 16.0 Å². The minimum absolute atomic E-state index is 0.0907. The molecule has 0 saturated heterocycles. The summed E-state index contributed by atoms with van der Waals surface area (Å²) in [5.41, 5.74) is 2.50. The fraction of sp³-hybridized carbons (Fsp3) is 0.125. The summed E-state index contributed by atoms with van der Waals surface area (Å²) in [6.07, 6.45) is 0. The molecule has 0 aromatic heterocycles. The molecule has 0 bridgehead atoms. The molecule has 3 amide bonds. The van der Waals surface area contributed by atoms with Crippen LogP contribution >= 0.6 is 0 Å². The Kier molecular flexibility index (Phi) is 4.93. The first kappa shape index (κ1) is 14.6. The number of hydrogen-bond acceptors (Lipinski definition) is 2. The Morgan fingerprint density at radius 1 is 0.857 bits per heavy atom. The number of carbonyl (C=O) groups excluding carboxylic acids is 2. The van der Waals surface area contributed by atoms with Gasteiger partial charge in [-0.15, -0.1) is 0 Å². The lowest BCUT2D eigenvalue weighted by molar-refractivity contribution is -0.115. The van der Waals surface area contributed by atoms with Gasteiger partial charge in [0.1, 0.15) is 0 Å². The van der Waals surface area contributed by atoms with Gasteiger partial charge in [-0.25, -0.2) is 4.79 Å². The summed E-state index contributed by atoms with van der Waals surface area (Å²) in [6.45, 7) is 1.88. The summed E-state index contributed by atoms with van der Waals surface area (Å²) >= 11 is 0. The van der Waals surface area contributed by atoms with E-state index < -0.39 is 6.03 Å². The number of anilines is 2. The summed E-state index contributed by atoms with van der Waals surface area (Å²) in [5, 5.41) is 7.85. The van der Waals surface area contributed by atoms with E-state index in [1.54, 1.807) is 12.1 Å². The van der Waals surface area contributed by atoms with E-state index in [-0.39, 0.29) is 12.5 Å². The van der Waals surface area contributed by atoms with Crippen LogP contribution in [0.1, 0.15) is 5.56 Å². The molecule has 0 radical (unpaired) electrons. The molecule has 5 heteroatoms. The van der Waals surface area contributed by atoms with Gasteiger partial charge in [-0.3, -0.25) is 4.79 Å². The summed E-state index contributed by atoms with van der Waals surface area (Å²) < 4.78 is 0. The number of aryl methyl sites for hydroxylation is 1. The maximum atomic E-state index is 11.7. The van der Waals surface area contributed by atoms with Gasteiger partial charge in [-0.1, -0.05) is 35.9 Å². The van der Waals surface area contributed by atoms with Gasteiger partial charge in [-0.2, -0.15) is 0 Å². The number of amides is 3. The molecule has 2 aromatic carbocycles. The van der Waals surface area contributed by atoms with Crippen LogP contribution < -0.4 is 16.0 Å². The quantitative estimate of drug-likeness (QED) is 0.807. The zero-order chi connectivity index (χ0) is 15.1. The molecular weight excluding hydrogens is 266 g/mol. The van der Waals surface area contributed by atoms with Crippen molar-refractivity contribution >= 4 is 23.3 Å². The zero-order valence-electron chi connectivity index (χ0n) is 11.7. The van der Waals surface area contributed by atoms with Crippen molar-refractivity contribution < 1.29 is 9.59 Å². The summed E-state index contributed by atoms with van der Waals surface area (Å²) in [4.78, 5) is 23.3. The average Bonchev–Trinajstić information content (AvgIpc) is 2.49. The molecule has 5 nitrogen and oxygen atoms in total. The van der Waals surface area contributed by atoms with Crippen molar-refractivity contribution in [2.75, 3.05) is 17.2 Å². The van der Waals surface area contributed by atoms with Gasteiger partial charge in [0.25, 0.3) is 0 Å². The number of urea groups is 1. The molecule has 0 spiro atoms. The van der Waals surface area contributed by atoms with Crippen LogP contribution in [0.4, 0.5) is 16.2 Å². The third-order valence-corrected chi connectivity index (χ3v) is 2.78. The highest BCUT2D eigenvalue weighted by atomic mass is 16.2. The Balaban J connectivity index is 1.76. The highest BCUT2D eigenvalue weighted by Crippen LogP contribution is 2.08. The first-order valence-corrected chi connectivity index (χ1v) is 6.60. The molecule has 3 N–H and O–H groups in total. The summed E-state index contributed by atoms with van der Waals surface area (Å²) in [6, 6.07) is 16.1. The van der Waals surface area contributed by atoms with Crippen molar-refractivity contribution in [2.45, 2.75) is 6.92 Å². The molecule has 0 heterocycles. The van der Waals surface area contributed by atoms with Gasteiger partial charge >= 0.3 is 6.03 Å². The molecule has 0 atom stereocenters. The predicted octanol–water partition coefficient (Wildman–Crippen LogP) is 2.76. The van der Waals surface area contributed by atoms with Crippen molar-refractivity contribution in [2.24, 2.45) is 0 Å². The number of carbonyl (C=O) groups is 2. The molecule has 2 rings (SSSR count). The molecule has 0 aliphatic rings. The van der Waals surface area contributed by atoms with Crippen LogP contribution in [0, 0.1) is 6.92 Å². The van der Waals surface area contributed by atoms with E-state index in [0.717, 1.165) is 5.56 Å². The Bertz CT molecular complexity index is 609. The van der Waals surface area contributed by atoms with Crippen molar-refractivity contribution in [3.8, 4) is 0 Å². The van der Waals surface area contributed by atoms with E-state index in [4.69, 9.17) is 0 Å². The molecule has 21 heavy (non-hydrogen) atoms. The van der Waals surface area contributed by atoms with Gasteiger partial charge in [0.2, 0.25) is 5.91 Å². The average molecular weight is 283 g/mol. The number of nitrogens with one attached hydrogen (secondary N) is 3. The number of benzene rings is 2. The Morgan fingerprint density at radius 2 is 1.48 bits per heavy atom. The van der Waals surface area contributed by atoms with Crippen molar-refractivity contribution in [3.63, 3.8) is 0 Å². The van der Waals surface area contributed by atoms with Crippen LogP contribution in [0.3, 0.4) is 0 Å². The molecule has 0 saturated carbocycles. The number of hydrogen-bond donors (Lipinski definition) is 3. The molecule has 2 aromatic rings. The van der Waals surface area contributed by atoms with Gasteiger partial charge in [-0.05, 0) is 31.2 Å². The van der Waals surface area contributed by atoms with E-state index in [1.165, 1.54) is 0 Å². The maximum absolute atomic E-state index is 11.7. The second-order valence-electron chi connectivity index (χ2n) is 4.59. The zero-order valence-corrected chi connectivity index (χ0v) is 11.7. The topological polar surface area (TPSA) is 70.2 Å². The fourth-order valence-corrected chi connectivity index (χ4v) is 1.70. The van der Waals surface area contributed by atoms with Crippen molar-refractivity contribution in [1.29, 1.82) is 0 Å². The van der Waals surface area contributed by atoms with E-state index in [0.29, 0.717) is 11.4 Å². The maximum Gasteiger partial charge on any atom is 0.319 e. The molecule has 0 aliphatic carbocycles. The van der Waals surface area contributed by atoms with Crippen LogP contribution in [0.15, 0.2) is 54.6 Å². The second kappa shape index (κ2) is 7.09. The molecule has 108 valence electrons. The number of para-hydroxylation sites is 1. The highest BCUT2D eigenvalue weighted by Gasteiger charge is 2.05. The standard InChI is InChI=1S/C16H17N3O2/c1-12-7-9-14(10-8-12)18-15(20)11-17-16(21)19-13-5-3-2-4-6-13/h2-10H,11H2,1H3,(H,18,20)(H2,17,19,21). The Morgan fingerprint density at radius 3 is 2.14 bits per heavy atom. The minimum Gasteiger partial charge on any atom is -0.329 e. The van der Waals surface area contributed by atoms with Crippen molar-refractivity contribution in [1.82, 2.24) is 5.32 Å². The molecular formula is C16H17N3O2. The fourth-order valence-electron chi connectivity index (χ4n) is 1.70. The SMILES string of the molecule is Cc1ccc(NC(=O)CNC(=O)Nc2ccccc2)cc1. The third-order valence-electron chi connectivity index (χ3n) is 2.78. The van der Waals surface area contributed by atoms with Gasteiger partial charge in [0, 0.05) is 11.4 Å². The van der Waals surface area contributed by atoms with Crippen molar-refractivity contribution in [3.05, 3.63) is 60.2 Å². The van der Waals surface area contributed by atoms with Crippen LogP contribution in [0.2, 0.25) is 0 Å². The lowest BCUT2D eigenvalue weighted by Crippen LogP contribution is -2.35. The lowest BCUT2D eigenvalue weighted by Gasteiger charge is -2.08. The Hall–Kier alpha value is -2.82. The molecule has 0 fully saturated rings. The normalized spacial score (nSPS) is 9.76. The first-order chi connectivity index (χ1) is 10.1. The molecule has 0 aliphatic heterocycles. The predicted molar refractivity (Wildman–Crippen MR) is 83.3 cm³/mol. The first-order valence-electron chi connectivity index (χ1n) is 6.60. The van der Waals surface area contributed by atoms with Crippen LogP contribution in [-0.2, 0) is 4.79 Å². The van der Waals surface area contributed by atoms with Crippen LogP contribution in [0.5, 0.6) is 0 Å². The lowest BCUT2D eigenvalue weighted by atomic mass is 10.2. The van der Waals surface area contributed by atoms with Crippen LogP contribution in [-0.4, -0.2) is 18.5 Å². The van der Waals surface area contributed by atoms with Gasteiger partial charge in [0.05, 0.1) is 6.54 Å². The van der Waals surface area contributed by atoms with E-state index >= 15 is 0 Å². The van der Waals surface area contributed by atoms with E-state index in [1.807, 2.05) is 49.4 Å². The minimum atomic E-state index is -0.416. The summed E-state index contributed by atoms with van der Waals surface area (Å²) in [5.74, 6) is -0.276. The number of rotatable bonds is 4. The largest absolute Gasteiger partial charge is 0.329 e. The highest BCUT2D eigenvalue weighted by molar-refractivity contribution is 5.96. The van der Waals surface area contributed by atoms with Gasteiger partial charge in [0.15, 0.2) is 0 Å².